The number of hydrogen-bond donors (Lipinski definition) is 1. The van der Waals surface area contributed by atoms with E-state index in [0.29, 0.717) is 34.1 Å². The molecule has 4 aromatic rings. The van der Waals surface area contributed by atoms with Gasteiger partial charge in [-0.15, -0.1) is 0 Å². The Balaban J connectivity index is 2.11. The predicted molar refractivity (Wildman–Crippen MR) is 150 cm³/mol. The first-order chi connectivity index (χ1) is 20.0. The molecule has 2 atom stereocenters. The van der Waals surface area contributed by atoms with Crippen LogP contribution >= 0.6 is 0 Å². The average Bonchev–Trinajstić information content (AvgIpc) is 2.97. The molecular formula is C31H31F3N4O4. The van der Waals surface area contributed by atoms with Crippen molar-refractivity contribution in [3.8, 4) is 23.7 Å². The second kappa shape index (κ2) is 12.6. The number of aliphatic hydroxyl groups is 1. The Morgan fingerprint density at radius 1 is 1.00 bits per heavy atom. The summed E-state index contributed by atoms with van der Waals surface area (Å²) in [6, 6.07) is 16.1. The molecule has 0 saturated heterocycles. The second-order valence-corrected chi connectivity index (χ2v) is 10.1. The van der Waals surface area contributed by atoms with Crippen LogP contribution < -0.4 is 14.2 Å². The number of methoxy groups -OCH3 is 2. The number of nitrogens with zero attached hydrogens (tertiary/aromatic N) is 4. The molecule has 0 bridgehead atoms. The maximum atomic E-state index is 16.1. The SMILES string of the molecule is COc1cc([C@](O)(CCN(C)C)[C@@H](c2cc3cc(C#N)ccc3nc2OC)c2cccc(C)c2F)cc(OC(F)F)n1. The minimum absolute atomic E-state index is 0.0127. The molecule has 0 saturated carbocycles. The molecule has 220 valence electrons. The number of aryl methyl sites for hydroxylation is 1. The van der Waals surface area contributed by atoms with E-state index in [9.17, 15) is 19.1 Å². The van der Waals surface area contributed by atoms with Crippen molar-refractivity contribution in [2.45, 2.75) is 31.5 Å². The lowest BCUT2D eigenvalue weighted by Crippen LogP contribution is -2.38. The van der Waals surface area contributed by atoms with Gasteiger partial charge in [-0.25, -0.2) is 9.37 Å². The first kappa shape index (κ1) is 30.6. The molecule has 8 nitrogen and oxygen atoms in total. The fourth-order valence-electron chi connectivity index (χ4n) is 5.03. The molecule has 42 heavy (non-hydrogen) atoms. The van der Waals surface area contributed by atoms with Gasteiger partial charge in [0.05, 0.1) is 37.3 Å². The molecule has 2 aromatic heterocycles. The summed E-state index contributed by atoms with van der Waals surface area (Å²) in [5.74, 6) is -2.19. The van der Waals surface area contributed by atoms with Gasteiger partial charge in [0.2, 0.25) is 17.6 Å². The first-order valence-electron chi connectivity index (χ1n) is 13.0. The van der Waals surface area contributed by atoms with Gasteiger partial charge in [-0.3, -0.25) is 0 Å². The quantitative estimate of drug-likeness (QED) is 0.247. The molecule has 11 heteroatoms. The van der Waals surface area contributed by atoms with Gasteiger partial charge in [0.1, 0.15) is 11.4 Å². The number of rotatable bonds is 11. The number of aromatic nitrogens is 2. The molecule has 0 fully saturated rings. The van der Waals surface area contributed by atoms with Crippen molar-refractivity contribution < 1.29 is 32.5 Å². The zero-order valence-corrected chi connectivity index (χ0v) is 23.9. The third-order valence-corrected chi connectivity index (χ3v) is 7.09. The van der Waals surface area contributed by atoms with Crippen LogP contribution in [0, 0.1) is 24.1 Å². The van der Waals surface area contributed by atoms with Crippen molar-refractivity contribution >= 4 is 10.9 Å². The summed E-state index contributed by atoms with van der Waals surface area (Å²) in [6.45, 7) is -1.26. The average molecular weight is 581 g/mol. The zero-order chi connectivity index (χ0) is 30.6. The van der Waals surface area contributed by atoms with Crippen LogP contribution in [0.25, 0.3) is 10.9 Å². The minimum atomic E-state index is -3.18. The second-order valence-electron chi connectivity index (χ2n) is 10.1. The van der Waals surface area contributed by atoms with Crippen LogP contribution in [0.15, 0.2) is 54.6 Å². The van der Waals surface area contributed by atoms with Gasteiger partial charge in [-0.05, 0) is 68.4 Å². The summed E-state index contributed by atoms with van der Waals surface area (Å²) in [7, 11) is 6.33. The Bertz CT molecular complexity index is 1630. The van der Waals surface area contributed by atoms with Crippen LogP contribution in [0.5, 0.6) is 17.6 Å². The number of fused-ring (bicyclic) bond motifs is 1. The highest BCUT2D eigenvalue weighted by molar-refractivity contribution is 5.82. The molecule has 0 unspecified atom stereocenters. The topological polar surface area (TPSA) is 101 Å². The highest BCUT2D eigenvalue weighted by Crippen LogP contribution is 2.49. The van der Waals surface area contributed by atoms with Gasteiger partial charge in [-0.2, -0.15) is 19.0 Å². The fraction of sp³-hybridized carbons (Fsp3) is 0.323. The van der Waals surface area contributed by atoms with E-state index in [1.165, 1.54) is 26.4 Å². The summed E-state index contributed by atoms with van der Waals surface area (Å²) in [4.78, 5) is 10.4. The molecule has 0 amide bonds. The van der Waals surface area contributed by atoms with Crippen molar-refractivity contribution in [1.82, 2.24) is 14.9 Å². The number of benzene rings is 2. The van der Waals surface area contributed by atoms with Crippen LogP contribution in [-0.4, -0.2) is 61.4 Å². The Kier molecular flexibility index (Phi) is 9.19. The Hall–Kier alpha value is -4.40. The van der Waals surface area contributed by atoms with E-state index in [-0.39, 0.29) is 29.3 Å². The molecular weight excluding hydrogens is 549 g/mol. The number of halogens is 3. The highest BCUT2D eigenvalue weighted by Gasteiger charge is 2.44. The third kappa shape index (κ3) is 6.25. The van der Waals surface area contributed by atoms with Crippen molar-refractivity contribution in [3.63, 3.8) is 0 Å². The van der Waals surface area contributed by atoms with Gasteiger partial charge < -0.3 is 24.2 Å². The molecule has 2 heterocycles. The van der Waals surface area contributed by atoms with Gasteiger partial charge in [-0.1, -0.05) is 18.2 Å². The molecule has 1 N–H and O–H groups in total. The van der Waals surface area contributed by atoms with Crippen molar-refractivity contribution in [2.75, 3.05) is 34.9 Å². The van der Waals surface area contributed by atoms with Crippen LogP contribution in [0.3, 0.4) is 0 Å². The monoisotopic (exact) mass is 580 g/mol. The van der Waals surface area contributed by atoms with Gasteiger partial charge >= 0.3 is 6.61 Å². The van der Waals surface area contributed by atoms with E-state index in [2.05, 4.69) is 20.8 Å². The van der Waals surface area contributed by atoms with Crippen molar-refractivity contribution in [2.24, 2.45) is 0 Å². The van der Waals surface area contributed by atoms with Gasteiger partial charge in [0.25, 0.3) is 0 Å². The zero-order valence-electron chi connectivity index (χ0n) is 23.9. The molecule has 0 radical (unpaired) electrons. The predicted octanol–water partition coefficient (Wildman–Crippen LogP) is 5.54. The molecule has 4 rings (SSSR count). The Morgan fingerprint density at radius 3 is 2.38 bits per heavy atom. The van der Waals surface area contributed by atoms with Crippen LogP contribution in [0.1, 0.15) is 40.2 Å². The van der Waals surface area contributed by atoms with Crippen LogP contribution in [-0.2, 0) is 5.60 Å². The maximum Gasteiger partial charge on any atom is 0.388 e. The van der Waals surface area contributed by atoms with Crippen LogP contribution in [0.2, 0.25) is 0 Å². The molecule has 0 spiro atoms. The molecule has 0 aliphatic rings. The smallest absolute Gasteiger partial charge is 0.388 e. The number of ether oxygens (including phenoxy) is 3. The summed E-state index contributed by atoms with van der Waals surface area (Å²) in [6.07, 6.45) is 0.0127. The molecule has 2 aromatic carbocycles. The summed E-state index contributed by atoms with van der Waals surface area (Å²) < 4.78 is 58.1. The lowest BCUT2D eigenvalue weighted by Gasteiger charge is -2.39. The standard InChI is InChI=1S/C31H31F3N4O4/c1-18-7-6-8-22(28(18)32)27(23-14-20-13-19(17-35)9-10-24(20)36-29(23)41-5)31(39,11-12-38(2)3)21-15-25(40-4)37-26(16-21)42-30(33)34/h6-10,13-16,27,30,39H,11-12H2,1-5H3/t27-,31-/m1/s1. The van der Waals surface area contributed by atoms with E-state index in [0.717, 1.165) is 0 Å². The number of hydrogen-bond acceptors (Lipinski definition) is 8. The first-order valence-corrected chi connectivity index (χ1v) is 13.0. The maximum absolute atomic E-state index is 16.1. The lowest BCUT2D eigenvalue weighted by atomic mass is 9.71. The van der Waals surface area contributed by atoms with Crippen molar-refractivity contribution in [1.29, 1.82) is 5.26 Å². The summed E-state index contributed by atoms with van der Waals surface area (Å²) >= 11 is 0. The van der Waals surface area contributed by atoms with E-state index < -0.39 is 29.8 Å². The van der Waals surface area contributed by atoms with E-state index >= 15 is 4.39 Å². The number of nitriles is 1. The molecule has 0 aliphatic heterocycles. The highest BCUT2D eigenvalue weighted by atomic mass is 19.3. The van der Waals surface area contributed by atoms with E-state index in [4.69, 9.17) is 9.47 Å². The normalized spacial score (nSPS) is 13.6. The van der Waals surface area contributed by atoms with Crippen LogP contribution in [0.4, 0.5) is 13.2 Å². The summed E-state index contributed by atoms with van der Waals surface area (Å²) in [5.41, 5.74) is -0.184. The van der Waals surface area contributed by atoms with Crippen molar-refractivity contribution in [3.05, 3.63) is 88.2 Å². The van der Waals surface area contributed by atoms with Gasteiger partial charge in [0.15, 0.2) is 0 Å². The fourth-order valence-corrected chi connectivity index (χ4v) is 5.03. The Morgan fingerprint density at radius 2 is 1.74 bits per heavy atom. The summed E-state index contributed by atoms with van der Waals surface area (Å²) in [5, 5.41) is 22.9. The Labute approximate surface area is 241 Å². The lowest BCUT2D eigenvalue weighted by molar-refractivity contribution is -0.0538. The largest absolute Gasteiger partial charge is 0.481 e. The van der Waals surface area contributed by atoms with E-state index in [1.807, 2.05) is 19.0 Å². The minimum Gasteiger partial charge on any atom is -0.481 e. The third-order valence-electron chi connectivity index (χ3n) is 7.09. The number of alkyl halides is 2. The number of pyridine rings is 2. The van der Waals surface area contributed by atoms with Gasteiger partial charge in [0, 0.05) is 29.6 Å². The van der Waals surface area contributed by atoms with E-state index in [1.54, 1.807) is 49.4 Å². The molecule has 0 aliphatic carbocycles.